The normalized spacial score (nSPS) is 11.2. The maximum Gasteiger partial charge on any atom is 0.418 e. The Labute approximate surface area is 162 Å². The second-order valence-electron chi connectivity index (χ2n) is 6.00. The molecule has 156 valence electrons. The molecule has 0 unspecified atom stereocenters. The highest BCUT2D eigenvalue weighted by atomic mass is 19.4. The number of nitrogens with one attached hydrogen (secondary N) is 1. The minimum atomic E-state index is -4.93. The van der Waals surface area contributed by atoms with E-state index in [9.17, 15) is 32.9 Å². The van der Waals surface area contributed by atoms with E-state index in [1.165, 1.54) is 0 Å². The molecule has 29 heavy (non-hydrogen) atoms. The number of ether oxygens (including phenoxy) is 1. The van der Waals surface area contributed by atoms with E-state index in [4.69, 9.17) is 9.26 Å². The van der Waals surface area contributed by atoms with Gasteiger partial charge in [-0.25, -0.2) is 0 Å². The number of nitro groups is 1. The van der Waals surface area contributed by atoms with E-state index in [1.807, 2.05) is 5.32 Å². The van der Waals surface area contributed by atoms with Gasteiger partial charge in [0.2, 0.25) is 0 Å². The molecule has 9 nitrogen and oxygen atoms in total. The molecule has 2 rings (SSSR count). The number of aryl methyl sites for hydroxylation is 2. The molecule has 0 aliphatic carbocycles. The van der Waals surface area contributed by atoms with E-state index in [2.05, 4.69) is 5.16 Å². The average molecular weight is 415 g/mol. The van der Waals surface area contributed by atoms with Crippen molar-refractivity contribution >= 4 is 23.3 Å². The Morgan fingerprint density at radius 1 is 1.31 bits per heavy atom. The van der Waals surface area contributed by atoms with E-state index in [-0.39, 0.29) is 12.8 Å². The second kappa shape index (κ2) is 8.71. The van der Waals surface area contributed by atoms with Gasteiger partial charge < -0.3 is 14.6 Å². The Morgan fingerprint density at radius 2 is 2.00 bits per heavy atom. The molecule has 0 bridgehead atoms. The van der Waals surface area contributed by atoms with Crippen LogP contribution >= 0.6 is 0 Å². The Balaban J connectivity index is 1.95. The fourth-order valence-electron chi connectivity index (χ4n) is 2.48. The van der Waals surface area contributed by atoms with Crippen LogP contribution in [0.1, 0.15) is 29.0 Å². The molecule has 1 N–H and O–H groups in total. The molecule has 0 atom stereocenters. The molecule has 1 aromatic heterocycles. The molecule has 0 spiro atoms. The molecule has 0 saturated carbocycles. The summed E-state index contributed by atoms with van der Waals surface area (Å²) in [5.41, 5.74) is -1.50. The summed E-state index contributed by atoms with van der Waals surface area (Å²) < 4.78 is 49.0. The Hall–Kier alpha value is -3.44. The monoisotopic (exact) mass is 415 g/mol. The van der Waals surface area contributed by atoms with Crippen LogP contribution in [0, 0.1) is 24.0 Å². The zero-order valence-corrected chi connectivity index (χ0v) is 15.3. The summed E-state index contributed by atoms with van der Waals surface area (Å²) in [7, 11) is 0. The summed E-state index contributed by atoms with van der Waals surface area (Å²) in [5, 5.41) is 16.3. The molecule has 1 heterocycles. The molecule has 1 aromatic carbocycles. The van der Waals surface area contributed by atoms with Crippen molar-refractivity contribution < 1.29 is 36.9 Å². The summed E-state index contributed by atoms with van der Waals surface area (Å²) in [5.74, 6) is -1.21. The van der Waals surface area contributed by atoms with Crippen LogP contribution in [0.15, 0.2) is 22.7 Å². The van der Waals surface area contributed by atoms with Crippen molar-refractivity contribution in [3.63, 3.8) is 0 Å². The summed E-state index contributed by atoms with van der Waals surface area (Å²) in [6.07, 6.45) is -4.75. The van der Waals surface area contributed by atoms with Crippen molar-refractivity contribution in [3.8, 4) is 0 Å². The topological polar surface area (TPSA) is 125 Å². The highest BCUT2D eigenvalue weighted by Crippen LogP contribution is 2.37. The third-order valence-electron chi connectivity index (χ3n) is 3.92. The second-order valence-corrected chi connectivity index (χ2v) is 6.00. The number of nitro benzene ring substituents is 1. The first-order valence-corrected chi connectivity index (χ1v) is 8.22. The first-order valence-electron chi connectivity index (χ1n) is 8.22. The van der Waals surface area contributed by atoms with Crippen LogP contribution in [0.25, 0.3) is 0 Å². The van der Waals surface area contributed by atoms with Crippen LogP contribution in [-0.2, 0) is 26.9 Å². The van der Waals surface area contributed by atoms with Crippen LogP contribution in [0.3, 0.4) is 0 Å². The van der Waals surface area contributed by atoms with E-state index < -0.39 is 46.5 Å². The van der Waals surface area contributed by atoms with Gasteiger partial charge in [-0.1, -0.05) is 5.16 Å². The highest BCUT2D eigenvalue weighted by molar-refractivity contribution is 5.93. The quantitative estimate of drug-likeness (QED) is 0.418. The summed E-state index contributed by atoms with van der Waals surface area (Å²) in [6.45, 7) is 2.57. The summed E-state index contributed by atoms with van der Waals surface area (Å²) in [6, 6.07) is 1.89. The summed E-state index contributed by atoms with van der Waals surface area (Å²) in [4.78, 5) is 33.3. The lowest BCUT2D eigenvalue weighted by Gasteiger charge is -2.13. The predicted octanol–water partition coefficient (Wildman–Crippen LogP) is 3.33. The van der Waals surface area contributed by atoms with Gasteiger partial charge in [-0.05, 0) is 26.3 Å². The third-order valence-corrected chi connectivity index (χ3v) is 3.92. The van der Waals surface area contributed by atoms with Crippen LogP contribution in [0.4, 0.5) is 24.5 Å². The largest absolute Gasteiger partial charge is 0.456 e. The van der Waals surface area contributed by atoms with Crippen molar-refractivity contribution in [3.05, 3.63) is 50.9 Å². The van der Waals surface area contributed by atoms with Crippen molar-refractivity contribution in [2.24, 2.45) is 0 Å². The maximum atomic E-state index is 13.1. The Morgan fingerprint density at radius 3 is 2.55 bits per heavy atom. The zero-order chi connectivity index (χ0) is 21.8. The van der Waals surface area contributed by atoms with Gasteiger partial charge in [0.1, 0.15) is 5.76 Å². The minimum absolute atomic E-state index is 0.0818. The minimum Gasteiger partial charge on any atom is -0.456 e. The molecule has 0 fully saturated rings. The van der Waals surface area contributed by atoms with Gasteiger partial charge in [-0.3, -0.25) is 19.7 Å². The van der Waals surface area contributed by atoms with Crippen molar-refractivity contribution in [2.45, 2.75) is 32.9 Å². The molecule has 0 saturated heterocycles. The first-order chi connectivity index (χ1) is 13.5. The SMILES string of the molecule is Cc1noc(C)c1CCC(=O)OCC(=O)Nc1ccc([N+](=O)[O-])cc1C(F)(F)F. The zero-order valence-electron chi connectivity index (χ0n) is 15.3. The molecular weight excluding hydrogens is 399 g/mol. The fourth-order valence-corrected chi connectivity index (χ4v) is 2.48. The number of anilines is 1. The van der Waals surface area contributed by atoms with Crippen LogP contribution < -0.4 is 5.32 Å². The van der Waals surface area contributed by atoms with E-state index in [0.717, 1.165) is 17.7 Å². The number of esters is 1. The number of hydrogen-bond donors (Lipinski definition) is 1. The number of halogens is 3. The van der Waals surface area contributed by atoms with Gasteiger partial charge in [0.15, 0.2) is 6.61 Å². The van der Waals surface area contributed by atoms with Gasteiger partial charge in [0.05, 0.1) is 21.9 Å². The van der Waals surface area contributed by atoms with E-state index in [1.54, 1.807) is 13.8 Å². The number of carbonyl (C=O) groups excluding carboxylic acids is 2. The first kappa shape index (κ1) is 21.9. The van der Waals surface area contributed by atoms with E-state index in [0.29, 0.717) is 17.5 Å². The van der Waals surface area contributed by atoms with Crippen molar-refractivity contribution in [1.82, 2.24) is 5.16 Å². The number of non-ortho nitro benzene ring substituents is 1. The molecule has 0 aliphatic heterocycles. The molecule has 1 amide bonds. The number of rotatable bonds is 7. The van der Waals surface area contributed by atoms with E-state index >= 15 is 0 Å². The number of nitrogens with zero attached hydrogens (tertiary/aromatic N) is 2. The molecule has 2 aromatic rings. The smallest absolute Gasteiger partial charge is 0.418 e. The Bertz CT molecular complexity index is 919. The van der Waals surface area contributed by atoms with Crippen LogP contribution in [0.2, 0.25) is 0 Å². The predicted molar refractivity (Wildman–Crippen MR) is 92.0 cm³/mol. The number of hydrogen-bond acceptors (Lipinski definition) is 7. The average Bonchev–Trinajstić information content (AvgIpc) is 2.95. The number of carbonyl (C=O) groups is 2. The number of alkyl halides is 3. The van der Waals surface area contributed by atoms with Gasteiger partial charge in [0, 0.05) is 24.1 Å². The number of aromatic nitrogens is 1. The van der Waals surface area contributed by atoms with Gasteiger partial charge in [-0.15, -0.1) is 0 Å². The fraction of sp³-hybridized carbons (Fsp3) is 0.353. The van der Waals surface area contributed by atoms with Gasteiger partial charge in [0.25, 0.3) is 11.6 Å². The Kier molecular flexibility index (Phi) is 6.56. The van der Waals surface area contributed by atoms with Gasteiger partial charge >= 0.3 is 12.1 Å². The summed E-state index contributed by atoms with van der Waals surface area (Å²) >= 11 is 0. The van der Waals surface area contributed by atoms with Crippen molar-refractivity contribution in [1.29, 1.82) is 0 Å². The lowest BCUT2D eigenvalue weighted by Crippen LogP contribution is -2.23. The number of benzene rings is 1. The molecular formula is C17H16F3N3O6. The number of amides is 1. The van der Waals surface area contributed by atoms with Crippen LogP contribution in [0.5, 0.6) is 0 Å². The molecule has 0 radical (unpaired) electrons. The third kappa shape index (κ3) is 5.77. The molecule has 0 aliphatic rings. The lowest BCUT2D eigenvalue weighted by molar-refractivity contribution is -0.385. The van der Waals surface area contributed by atoms with Crippen molar-refractivity contribution in [2.75, 3.05) is 11.9 Å². The lowest BCUT2D eigenvalue weighted by atomic mass is 10.1. The highest BCUT2D eigenvalue weighted by Gasteiger charge is 2.35. The standard InChI is InChI=1S/C17H16F3N3O6/c1-9-12(10(2)29-22-9)4-6-16(25)28-8-15(24)21-14-5-3-11(23(26)27)7-13(14)17(18,19)20/h3,5,7H,4,6,8H2,1-2H3,(H,21,24). The maximum absolute atomic E-state index is 13.1. The van der Waals surface area contributed by atoms with Gasteiger partial charge in [-0.2, -0.15) is 13.2 Å². The molecule has 12 heteroatoms. The van der Waals surface area contributed by atoms with Crippen LogP contribution in [-0.4, -0.2) is 28.6 Å².